The Hall–Kier alpha value is -1.75. The molecule has 0 saturated carbocycles. The summed E-state index contributed by atoms with van der Waals surface area (Å²) in [5, 5.41) is 11.7. The van der Waals surface area contributed by atoms with Gasteiger partial charge in [-0.25, -0.2) is 0 Å². The molecule has 0 amide bonds. The van der Waals surface area contributed by atoms with Crippen LogP contribution >= 0.6 is 22.3 Å². The van der Waals surface area contributed by atoms with Crippen LogP contribution in [0.15, 0.2) is 77.5 Å². The van der Waals surface area contributed by atoms with Crippen LogP contribution in [0.25, 0.3) is 0 Å². The molecule has 0 aromatic heterocycles. The maximum absolute atomic E-state index is 9.57. The van der Waals surface area contributed by atoms with Crippen LogP contribution in [0.5, 0.6) is 0 Å². The maximum atomic E-state index is 9.57. The van der Waals surface area contributed by atoms with Crippen LogP contribution in [0.3, 0.4) is 0 Å². The van der Waals surface area contributed by atoms with E-state index in [0.29, 0.717) is 0 Å². The van der Waals surface area contributed by atoms with E-state index in [4.69, 9.17) is 16.3 Å². The van der Waals surface area contributed by atoms with Crippen molar-refractivity contribution in [3.63, 3.8) is 0 Å². The molecule has 2 aromatic carbocycles. The number of allylic oxidation sites excluding steroid dienone is 1. The highest BCUT2D eigenvalue weighted by atomic mass is 35.5. The summed E-state index contributed by atoms with van der Waals surface area (Å²) in [6.07, 6.45) is 1.32. The van der Waals surface area contributed by atoms with Crippen LogP contribution < -0.4 is 4.31 Å². The van der Waals surface area contributed by atoms with Gasteiger partial charge in [0.15, 0.2) is 0 Å². The Labute approximate surface area is 143 Å². The number of halogens is 1. The second-order valence-electron chi connectivity index (χ2n) is 5.06. The van der Waals surface area contributed by atoms with Gasteiger partial charge in [0, 0.05) is 10.3 Å². The lowest BCUT2D eigenvalue weighted by atomic mass is 10.3. The molecule has 0 bridgehead atoms. The van der Waals surface area contributed by atoms with Crippen molar-refractivity contribution in [1.29, 1.82) is 0 Å². The lowest BCUT2D eigenvalue weighted by molar-refractivity contribution is 0.0938. The zero-order valence-corrected chi connectivity index (χ0v) is 14.1. The van der Waals surface area contributed by atoms with Gasteiger partial charge in [0.2, 0.25) is 0 Å². The molecule has 0 saturated heterocycles. The first kappa shape index (κ1) is 16.1. The van der Waals surface area contributed by atoms with Crippen LogP contribution in [-0.4, -0.2) is 29.1 Å². The van der Waals surface area contributed by atoms with Crippen molar-refractivity contribution in [2.75, 3.05) is 16.8 Å². The smallest absolute Gasteiger partial charge is 0.144 e. The van der Waals surface area contributed by atoms with E-state index in [2.05, 4.69) is 33.9 Å². The fourth-order valence-electron chi connectivity index (χ4n) is 2.18. The minimum Gasteiger partial charge on any atom is -0.489 e. The first-order valence-electron chi connectivity index (χ1n) is 7.34. The van der Waals surface area contributed by atoms with Gasteiger partial charge < -0.3 is 9.84 Å². The first-order chi connectivity index (χ1) is 11.3. The number of aliphatic hydroxyl groups is 1. The average Bonchev–Trinajstić information content (AvgIpc) is 3.05. The molecule has 1 aliphatic heterocycles. The van der Waals surface area contributed by atoms with Gasteiger partial charge in [-0.3, -0.25) is 4.31 Å². The molecule has 0 fully saturated rings. The summed E-state index contributed by atoms with van der Waals surface area (Å²) >= 11 is 5.62. The number of hydrogen-bond donors (Lipinski definition) is 1. The van der Waals surface area contributed by atoms with Crippen molar-refractivity contribution in [3.05, 3.63) is 72.6 Å². The SMILES string of the molecule is OC(CCl)COC1=CN(c2ccccc2)S(c2ccccc2)=C1. The lowest BCUT2D eigenvalue weighted by Crippen LogP contribution is -2.16. The molecule has 2 unspecified atom stereocenters. The number of hydrogen-bond acceptors (Lipinski definition) is 3. The predicted octanol–water partition coefficient (Wildman–Crippen LogP) is 4.01. The third-order valence-corrected chi connectivity index (χ3v) is 5.61. The Kier molecular flexibility index (Phi) is 5.39. The third kappa shape index (κ3) is 3.96. The quantitative estimate of drug-likeness (QED) is 0.633. The van der Waals surface area contributed by atoms with Gasteiger partial charge in [0.05, 0.1) is 17.8 Å². The second kappa shape index (κ2) is 7.68. The Morgan fingerprint density at radius 3 is 2.35 bits per heavy atom. The normalized spacial score (nSPS) is 18.3. The summed E-state index contributed by atoms with van der Waals surface area (Å²) in [7, 11) is -0.250. The summed E-state index contributed by atoms with van der Waals surface area (Å²) < 4.78 is 7.89. The average molecular weight is 348 g/mol. The zero-order chi connectivity index (χ0) is 16.1. The lowest BCUT2D eigenvalue weighted by Gasteiger charge is -2.21. The molecule has 1 aliphatic rings. The largest absolute Gasteiger partial charge is 0.489 e. The van der Waals surface area contributed by atoms with E-state index in [9.17, 15) is 5.11 Å². The molecule has 1 heterocycles. The fourth-order valence-corrected chi connectivity index (χ4v) is 4.10. The summed E-state index contributed by atoms with van der Waals surface area (Å²) in [5.74, 6) is 0.922. The molecule has 3 nitrogen and oxygen atoms in total. The highest BCUT2D eigenvalue weighted by Crippen LogP contribution is 2.39. The highest BCUT2D eigenvalue weighted by Gasteiger charge is 2.19. The minimum absolute atomic E-state index is 0.167. The van der Waals surface area contributed by atoms with Gasteiger partial charge in [0.25, 0.3) is 0 Å². The summed E-state index contributed by atoms with van der Waals surface area (Å²) in [4.78, 5) is 1.21. The number of ether oxygens (including phenoxy) is 1. The van der Waals surface area contributed by atoms with Crippen molar-refractivity contribution in [2.45, 2.75) is 11.0 Å². The standard InChI is InChI=1S/C18H18ClNO2S/c19-11-16(21)13-22-17-12-20(15-7-3-1-4-8-15)23(14-17)18-9-5-2-6-10-18/h1-10,12,14,16,21H,11,13H2. The molecule has 23 heavy (non-hydrogen) atoms. The van der Waals surface area contributed by atoms with E-state index in [-0.39, 0.29) is 23.2 Å². The number of para-hydroxylation sites is 1. The number of alkyl halides is 1. The van der Waals surface area contributed by atoms with E-state index in [1.807, 2.05) is 42.6 Å². The molecule has 0 aliphatic carbocycles. The van der Waals surface area contributed by atoms with E-state index in [1.54, 1.807) is 0 Å². The molecule has 0 spiro atoms. The summed E-state index contributed by atoms with van der Waals surface area (Å²) in [6, 6.07) is 20.5. The molecule has 1 N–H and O–H groups in total. The van der Waals surface area contributed by atoms with Gasteiger partial charge in [-0.1, -0.05) is 47.1 Å². The summed E-state index contributed by atoms with van der Waals surface area (Å²) in [6.45, 7) is 0.195. The van der Waals surface area contributed by atoms with Crippen molar-refractivity contribution >= 4 is 33.3 Å². The van der Waals surface area contributed by atoms with Gasteiger partial charge in [-0.2, -0.15) is 0 Å². The third-order valence-electron chi connectivity index (χ3n) is 3.30. The van der Waals surface area contributed by atoms with E-state index in [0.717, 1.165) is 11.4 Å². The van der Waals surface area contributed by atoms with Gasteiger partial charge in [-0.05, 0) is 24.3 Å². The van der Waals surface area contributed by atoms with Crippen LogP contribution in [-0.2, 0) is 4.74 Å². The molecular weight excluding hydrogens is 330 g/mol. The van der Waals surface area contributed by atoms with Crippen LogP contribution in [0.1, 0.15) is 0 Å². The van der Waals surface area contributed by atoms with Crippen LogP contribution in [0.4, 0.5) is 5.69 Å². The zero-order valence-electron chi connectivity index (χ0n) is 12.5. The number of aliphatic hydroxyl groups excluding tert-OH is 1. The number of benzene rings is 2. The molecule has 120 valence electrons. The van der Waals surface area contributed by atoms with E-state index >= 15 is 0 Å². The molecular formula is C18H18ClNO2S. The highest BCUT2D eigenvalue weighted by molar-refractivity contribution is 8.16. The van der Waals surface area contributed by atoms with Crippen LogP contribution in [0, 0.1) is 0 Å². The van der Waals surface area contributed by atoms with Crippen molar-refractivity contribution in [2.24, 2.45) is 0 Å². The maximum Gasteiger partial charge on any atom is 0.144 e. The van der Waals surface area contributed by atoms with Crippen LogP contribution in [0.2, 0.25) is 0 Å². The Morgan fingerprint density at radius 2 is 1.70 bits per heavy atom. The number of nitrogens with zero attached hydrogens (tertiary/aromatic N) is 1. The Bertz CT molecular complexity index is 703. The molecule has 3 rings (SSSR count). The van der Waals surface area contributed by atoms with E-state index < -0.39 is 6.10 Å². The molecule has 2 atom stereocenters. The topological polar surface area (TPSA) is 32.7 Å². The predicted molar refractivity (Wildman–Crippen MR) is 98.0 cm³/mol. The van der Waals surface area contributed by atoms with Gasteiger partial charge >= 0.3 is 0 Å². The first-order valence-corrected chi connectivity index (χ1v) is 9.12. The monoisotopic (exact) mass is 347 g/mol. The van der Waals surface area contributed by atoms with Crippen molar-refractivity contribution in [3.8, 4) is 0 Å². The van der Waals surface area contributed by atoms with E-state index in [1.165, 1.54) is 4.90 Å². The number of rotatable bonds is 6. The Morgan fingerprint density at radius 1 is 1.04 bits per heavy atom. The van der Waals surface area contributed by atoms with Gasteiger partial charge in [0.1, 0.15) is 18.5 Å². The second-order valence-corrected chi connectivity index (χ2v) is 7.10. The van der Waals surface area contributed by atoms with Crippen molar-refractivity contribution < 1.29 is 9.84 Å². The van der Waals surface area contributed by atoms with Gasteiger partial charge in [-0.15, -0.1) is 11.6 Å². The number of anilines is 1. The fraction of sp³-hybridized carbons (Fsp3) is 0.167. The molecule has 2 aromatic rings. The molecule has 0 radical (unpaired) electrons. The summed E-state index contributed by atoms with van der Waals surface area (Å²) in [5.41, 5.74) is 1.10. The minimum atomic E-state index is -0.657. The Balaban J connectivity index is 1.88. The van der Waals surface area contributed by atoms with Crippen molar-refractivity contribution in [1.82, 2.24) is 0 Å². The molecule has 5 heteroatoms.